The molecule has 1 saturated carbocycles. The molecule has 1 aromatic carbocycles. The van der Waals surface area contributed by atoms with E-state index in [2.05, 4.69) is 11.4 Å². The van der Waals surface area contributed by atoms with Crippen molar-refractivity contribution in [1.82, 2.24) is 5.32 Å². The molecule has 0 aromatic heterocycles. The van der Waals surface area contributed by atoms with Crippen LogP contribution in [0.2, 0.25) is 0 Å². The molecule has 94 valence electrons. The Labute approximate surface area is 108 Å². The van der Waals surface area contributed by atoms with E-state index >= 15 is 0 Å². The molecule has 1 fully saturated rings. The molecule has 3 nitrogen and oxygen atoms in total. The van der Waals surface area contributed by atoms with E-state index < -0.39 is 0 Å². The minimum atomic E-state index is 0.0756. The SMILES string of the molecule is N#Cc1ccc(CC(=O)NCC2CCCC2)cc1. The summed E-state index contributed by atoms with van der Waals surface area (Å²) in [5.41, 5.74) is 1.59. The first-order chi connectivity index (χ1) is 8.78. The quantitative estimate of drug-likeness (QED) is 0.881. The van der Waals surface area contributed by atoms with E-state index in [0.29, 0.717) is 17.9 Å². The molecule has 0 aliphatic heterocycles. The third kappa shape index (κ3) is 3.59. The highest BCUT2D eigenvalue weighted by atomic mass is 16.1. The molecule has 0 heterocycles. The zero-order valence-electron chi connectivity index (χ0n) is 10.5. The second kappa shape index (κ2) is 6.20. The Morgan fingerprint density at radius 2 is 1.94 bits per heavy atom. The molecule has 0 radical (unpaired) electrons. The first kappa shape index (κ1) is 12.6. The Balaban J connectivity index is 1.77. The summed E-state index contributed by atoms with van der Waals surface area (Å²) in [7, 11) is 0. The van der Waals surface area contributed by atoms with Crippen LogP contribution in [0.15, 0.2) is 24.3 Å². The van der Waals surface area contributed by atoms with Gasteiger partial charge in [-0.05, 0) is 36.5 Å². The summed E-state index contributed by atoms with van der Waals surface area (Å²) in [5, 5.41) is 11.7. The first-order valence-electron chi connectivity index (χ1n) is 6.53. The van der Waals surface area contributed by atoms with Crippen molar-refractivity contribution >= 4 is 5.91 Å². The molecule has 1 aliphatic carbocycles. The second-order valence-electron chi connectivity index (χ2n) is 4.94. The lowest BCUT2D eigenvalue weighted by molar-refractivity contribution is -0.120. The Morgan fingerprint density at radius 3 is 2.56 bits per heavy atom. The predicted octanol–water partition coefficient (Wildman–Crippen LogP) is 2.41. The number of nitrogens with zero attached hydrogens (tertiary/aromatic N) is 1. The summed E-state index contributed by atoms with van der Waals surface area (Å²) < 4.78 is 0. The fourth-order valence-electron chi connectivity index (χ4n) is 2.42. The van der Waals surface area contributed by atoms with Crippen molar-refractivity contribution in [3.05, 3.63) is 35.4 Å². The summed E-state index contributed by atoms with van der Waals surface area (Å²) in [4.78, 5) is 11.7. The maximum Gasteiger partial charge on any atom is 0.224 e. The summed E-state index contributed by atoms with van der Waals surface area (Å²) in [5.74, 6) is 0.751. The van der Waals surface area contributed by atoms with Crippen LogP contribution in [0.5, 0.6) is 0 Å². The van der Waals surface area contributed by atoms with Gasteiger partial charge < -0.3 is 5.32 Å². The minimum Gasteiger partial charge on any atom is -0.356 e. The normalized spacial score (nSPS) is 15.3. The van der Waals surface area contributed by atoms with E-state index in [1.54, 1.807) is 12.1 Å². The third-order valence-corrected chi connectivity index (χ3v) is 3.51. The van der Waals surface area contributed by atoms with Crippen molar-refractivity contribution in [2.75, 3.05) is 6.54 Å². The molecule has 3 heteroatoms. The highest BCUT2D eigenvalue weighted by Gasteiger charge is 2.15. The number of rotatable bonds is 4. The third-order valence-electron chi connectivity index (χ3n) is 3.51. The molecule has 18 heavy (non-hydrogen) atoms. The highest BCUT2D eigenvalue weighted by molar-refractivity contribution is 5.78. The molecule has 1 N–H and O–H groups in total. The molecule has 0 unspecified atom stereocenters. The Hall–Kier alpha value is -1.82. The Kier molecular flexibility index (Phi) is 4.35. The average molecular weight is 242 g/mol. The highest BCUT2D eigenvalue weighted by Crippen LogP contribution is 2.23. The average Bonchev–Trinajstić information content (AvgIpc) is 2.90. The standard InChI is InChI=1S/C15H18N2O/c16-10-13-7-5-12(6-8-13)9-15(18)17-11-14-3-1-2-4-14/h5-8,14H,1-4,9,11H2,(H,17,18). The van der Waals surface area contributed by atoms with Crippen LogP contribution in [0.3, 0.4) is 0 Å². The fraction of sp³-hybridized carbons (Fsp3) is 0.467. The number of carbonyl (C=O) groups excluding carboxylic acids is 1. The zero-order valence-corrected chi connectivity index (χ0v) is 10.5. The van der Waals surface area contributed by atoms with Gasteiger partial charge in [0.2, 0.25) is 5.91 Å². The largest absolute Gasteiger partial charge is 0.356 e. The molecule has 1 amide bonds. The van der Waals surface area contributed by atoms with Crippen molar-refractivity contribution in [3.63, 3.8) is 0 Å². The smallest absolute Gasteiger partial charge is 0.224 e. The van der Waals surface area contributed by atoms with Gasteiger partial charge in [-0.1, -0.05) is 25.0 Å². The van der Waals surface area contributed by atoms with Gasteiger partial charge in [0, 0.05) is 6.54 Å². The van der Waals surface area contributed by atoms with E-state index in [4.69, 9.17) is 5.26 Å². The molecular weight excluding hydrogens is 224 g/mol. The fourth-order valence-corrected chi connectivity index (χ4v) is 2.42. The number of nitriles is 1. The summed E-state index contributed by atoms with van der Waals surface area (Å²) in [6, 6.07) is 9.25. The number of hydrogen-bond acceptors (Lipinski definition) is 2. The lowest BCUT2D eigenvalue weighted by Gasteiger charge is -2.10. The summed E-state index contributed by atoms with van der Waals surface area (Å²) in [6.45, 7) is 0.815. The molecule has 0 spiro atoms. The molecule has 0 saturated heterocycles. The molecule has 1 aromatic rings. The van der Waals surface area contributed by atoms with Crippen LogP contribution in [0.4, 0.5) is 0 Å². The summed E-state index contributed by atoms with van der Waals surface area (Å²) >= 11 is 0. The number of carbonyl (C=O) groups is 1. The van der Waals surface area contributed by atoms with Crippen molar-refractivity contribution in [3.8, 4) is 6.07 Å². The van der Waals surface area contributed by atoms with E-state index in [1.165, 1.54) is 25.7 Å². The Morgan fingerprint density at radius 1 is 1.28 bits per heavy atom. The predicted molar refractivity (Wildman–Crippen MR) is 69.8 cm³/mol. The van der Waals surface area contributed by atoms with Gasteiger partial charge in [-0.2, -0.15) is 5.26 Å². The van der Waals surface area contributed by atoms with Crippen LogP contribution < -0.4 is 5.32 Å². The van der Waals surface area contributed by atoms with Crippen molar-refractivity contribution in [1.29, 1.82) is 5.26 Å². The zero-order chi connectivity index (χ0) is 12.8. The van der Waals surface area contributed by atoms with Gasteiger partial charge in [0.15, 0.2) is 0 Å². The van der Waals surface area contributed by atoms with Crippen LogP contribution in [0.1, 0.15) is 36.8 Å². The lowest BCUT2D eigenvalue weighted by Crippen LogP contribution is -2.29. The van der Waals surface area contributed by atoms with Crippen LogP contribution in [0, 0.1) is 17.2 Å². The number of amides is 1. The summed E-state index contributed by atoms with van der Waals surface area (Å²) in [6.07, 6.45) is 5.50. The van der Waals surface area contributed by atoms with Crippen LogP contribution in [-0.2, 0) is 11.2 Å². The van der Waals surface area contributed by atoms with Gasteiger partial charge in [0.25, 0.3) is 0 Å². The maximum absolute atomic E-state index is 11.7. The van der Waals surface area contributed by atoms with E-state index in [9.17, 15) is 4.79 Å². The maximum atomic E-state index is 11.7. The van der Waals surface area contributed by atoms with Gasteiger partial charge in [-0.3, -0.25) is 4.79 Å². The van der Waals surface area contributed by atoms with E-state index in [0.717, 1.165) is 12.1 Å². The molecule has 2 rings (SSSR count). The van der Waals surface area contributed by atoms with Crippen LogP contribution in [0.25, 0.3) is 0 Å². The topological polar surface area (TPSA) is 52.9 Å². The van der Waals surface area contributed by atoms with Crippen molar-refractivity contribution in [2.24, 2.45) is 5.92 Å². The molecule has 1 aliphatic rings. The van der Waals surface area contributed by atoms with Gasteiger partial charge >= 0.3 is 0 Å². The number of nitrogens with one attached hydrogen (secondary N) is 1. The Bertz CT molecular complexity index is 439. The van der Waals surface area contributed by atoms with Crippen LogP contribution in [-0.4, -0.2) is 12.5 Å². The van der Waals surface area contributed by atoms with Gasteiger partial charge in [0.05, 0.1) is 18.1 Å². The molecular formula is C15H18N2O. The van der Waals surface area contributed by atoms with Gasteiger partial charge in [0.1, 0.15) is 0 Å². The number of hydrogen-bond donors (Lipinski definition) is 1. The number of benzene rings is 1. The van der Waals surface area contributed by atoms with Crippen molar-refractivity contribution in [2.45, 2.75) is 32.1 Å². The van der Waals surface area contributed by atoms with Gasteiger partial charge in [-0.15, -0.1) is 0 Å². The minimum absolute atomic E-state index is 0.0756. The monoisotopic (exact) mass is 242 g/mol. The molecule has 0 bridgehead atoms. The van der Waals surface area contributed by atoms with Crippen molar-refractivity contribution < 1.29 is 4.79 Å². The van der Waals surface area contributed by atoms with Crippen LogP contribution >= 0.6 is 0 Å². The lowest BCUT2D eigenvalue weighted by atomic mass is 10.1. The molecule has 0 atom stereocenters. The van der Waals surface area contributed by atoms with E-state index in [1.807, 2.05) is 12.1 Å². The first-order valence-corrected chi connectivity index (χ1v) is 6.53. The van der Waals surface area contributed by atoms with E-state index in [-0.39, 0.29) is 5.91 Å². The second-order valence-corrected chi connectivity index (χ2v) is 4.94. The van der Waals surface area contributed by atoms with Gasteiger partial charge in [-0.25, -0.2) is 0 Å².